The highest BCUT2D eigenvalue weighted by molar-refractivity contribution is 5.76. The first-order valence-corrected chi connectivity index (χ1v) is 31.7. The molecule has 0 aliphatic heterocycles. The summed E-state index contributed by atoms with van der Waals surface area (Å²) in [6.07, 6.45) is 75.8. The predicted molar refractivity (Wildman–Crippen MR) is 310 cm³/mol. The van der Waals surface area contributed by atoms with Crippen molar-refractivity contribution in [2.45, 2.75) is 353 Å². The zero-order valence-corrected chi connectivity index (χ0v) is 47.7. The van der Waals surface area contributed by atoms with Crippen LogP contribution in [0, 0.1) is 0 Å². The maximum absolute atomic E-state index is 12.5. The Hall–Kier alpha value is -1.92. The standard InChI is InChI=1S/C65H123NO5/c1-3-5-7-9-11-13-15-17-19-30-33-37-41-45-49-53-57-63(68)62(61-67)66-64(69)58-54-50-46-42-38-34-31-27-25-23-21-20-22-24-26-28-32-36-40-44-48-52-56-60-71-65(70)59-55-51-47-43-39-35-29-18-16-14-12-10-8-6-4-2/h18,20,22-23,25,29,62-63,67-68H,3-17,19,21,24,26-28,30-61H2,1-2H3,(H,66,69)/b22-20-,25-23-,29-18-. The van der Waals surface area contributed by atoms with Crippen LogP contribution in [0.2, 0.25) is 0 Å². The Labute approximate surface area is 443 Å². The van der Waals surface area contributed by atoms with E-state index in [0.29, 0.717) is 25.9 Å². The summed E-state index contributed by atoms with van der Waals surface area (Å²) in [4.78, 5) is 24.5. The van der Waals surface area contributed by atoms with Crippen molar-refractivity contribution in [1.29, 1.82) is 0 Å². The summed E-state index contributed by atoms with van der Waals surface area (Å²) < 4.78 is 5.48. The van der Waals surface area contributed by atoms with Gasteiger partial charge in [0.1, 0.15) is 0 Å². The lowest BCUT2D eigenvalue weighted by Crippen LogP contribution is -2.45. The van der Waals surface area contributed by atoms with Crippen molar-refractivity contribution in [2.75, 3.05) is 13.2 Å². The number of carbonyl (C=O) groups excluding carboxylic acids is 2. The minimum absolute atomic E-state index is 0.000708. The van der Waals surface area contributed by atoms with E-state index in [1.807, 2.05) is 0 Å². The van der Waals surface area contributed by atoms with E-state index in [-0.39, 0.29) is 18.5 Å². The van der Waals surface area contributed by atoms with Crippen LogP contribution in [0.1, 0.15) is 341 Å². The van der Waals surface area contributed by atoms with Gasteiger partial charge in [0.2, 0.25) is 5.91 Å². The third-order valence-corrected chi connectivity index (χ3v) is 14.7. The second-order valence-electron chi connectivity index (χ2n) is 21.7. The first-order valence-electron chi connectivity index (χ1n) is 31.7. The number of allylic oxidation sites excluding steroid dienone is 6. The van der Waals surface area contributed by atoms with Gasteiger partial charge >= 0.3 is 5.97 Å². The summed E-state index contributed by atoms with van der Waals surface area (Å²) in [6.45, 7) is 4.95. The molecule has 6 nitrogen and oxygen atoms in total. The van der Waals surface area contributed by atoms with Gasteiger partial charge in [-0.05, 0) is 83.5 Å². The fourth-order valence-electron chi connectivity index (χ4n) is 9.78. The normalized spacial score (nSPS) is 12.8. The van der Waals surface area contributed by atoms with Gasteiger partial charge in [0, 0.05) is 12.8 Å². The van der Waals surface area contributed by atoms with E-state index in [9.17, 15) is 19.8 Å². The van der Waals surface area contributed by atoms with E-state index in [0.717, 1.165) is 57.8 Å². The molecular weight excluding hydrogens is 875 g/mol. The number of ether oxygens (including phenoxy) is 1. The van der Waals surface area contributed by atoms with Crippen LogP contribution in [0.5, 0.6) is 0 Å². The van der Waals surface area contributed by atoms with E-state index in [4.69, 9.17) is 4.74 Å². The molecule has 0 rings (SSSR count). The molecular formula is C65H123NO5. The summed E-state index contributed by atoms with van der Waals surface area (Å²) in [5.74, 6) is -0.0445. The Bertz CT molecular complexity index is 1150. The molecule has 0 radical (unpaired) electrons. The highest BCUT2D eigenvalue weighted by atomic mass is 16.5. The number of rotatable bonds is 59. The van der Waals surface area contributed by atoms with Gasteiger partial charge in [0.15, 0.2) is 0 Å². The molecule has 0 spiro atoms. The van der Waals surface area contributed by atoms with Crippen LogP contribution in [0.4, 0.5) is 0 Å². The molecule has 418 valence electrons. The number of aliphatic hydroxyl groups is 2. The summed E-state index contributed by atoms with van der Waals surface area (Å²) in [5.41, 5.74) is 0. The van der Waals surface area contributed by atoms with Gasteiger partial charge in [-0.15, -0.1) is 0 Å². The Kier molecular flexibility index (Phi) is 59.0. The number of nitrogens with one attached hydrogen (secondary N) is 1. The zero-order valence-electron chi connectivity index (χ0n) is 47.7. The summed E-state index contributed by atoms with van der Waals surface area (Å²) in [6, 6.07) is -0.550. The summed E-state index contributed by atoms with van der Waals surface area (Å²) >= 11 is 0. The zero-order chi connectivity index (χ0) is 51.4. The van der Waals surface area contributed by atoms with E-state index < -0.39 is 12.1 Å². The Morgan fingerprint density at radius 1 is 0.394 bits per heavy atom. The molecule has 6 heteroatoms. The van der Waals surface area contributed by atoms with Crippen molar-refractivity contribution in [1.82, 2.24) is 5.32 Å². The molecule has 0 aromatic rings. The number of unbranched alkanes of at least 4 members (excludes halogenated alkanes) is 42. The molecule has 0 aromatic heterocycles. The molecule has 2 unspecified atom stereocenters. The van der Waals surface area contributed by atoms with Gasteiger partial charge in [-0.25, -0.2) is 0 Å². The Morgan fingerprint density at radius 2 is 0.704 bits per heavy atom. The van der Waals surface area contributed by atoms with E-state index in [2.05, 4.69) is 55.6 Å². The Balaban J connectivity index is 3.45. The van der Waals surface area contributed by atoms with Crippen molar-refractivity contribution in [3.05, 3.63) is 36.5 Å². The highest BCUT2D eigenvalue weighted by Crippen LogP contribution is 2.17. The van der Waals surface area contributed by atoms with Crippen LogP contribution in [-0.4, -0.2) is 47.4 Å². The fraction of sp³-hybridized carbons (Fsp3) is 0.877. The second kappa shape index (κ2) is 60.6. The number of hydrogen-bond acceptors (Lipinski definition) is 5. The maximum Gasteiger partial charge on any atom is 0.305 e. The van der Waals surface area contributed by atoms with Crippen LogP contribution in [0.25, 0.3) is 0 Å². The molecule has 0 bridgehead atoms. The lowest BCUT2D eigenvalue weighted by molar-refractivity contribution is -0.143. The van der Waals surface area contributed by atoms with Crippen molar-refractivity contribution in [3.63, 3.8) is 0 Å². The molecule has 0 saturated heterocycles. The lowest BCUT2D eigenvalue weighted by Gasteiger charge is -2.22. The third-order valence-electron chi connectivity index (χ3n) is 14.7. The smallest absolute Gasteiger partial charge is 0.305 e. The Morgan fingerprint density at radius 3 is 1.08 bits per heavy atom. The highest BCUT2D eigenvalue weighted by Gasteiger charge is 2.20. The first-order chi connectivity index (χ1) is 35.0. The van der Waals surface area contributed by atoms with Crippen LogP contribution in [0.3, 0.4) is 0 Å². The number of hydrogen-bond donors (Lipinski definition) is 3. The number of amides is 1. The maximum atomic E-state index is 12.5. The minimum Gasteiger partial charge on any atom is -0.466 e. The monoisotopic (exact) mass is 998 g/mol. The SMILES string of the molecule is CCCCCCCC/C=C\CCCCCCCC(=O)OCCCCCCCCCCC/C=C\C/C=C\CCCCCCCCCC(=O)NC(CO)C(O)CCCCCCCCCCCCCCCCCC. The number of aliphatic hydroxyl groups excluding tert-OH is 2. The van der Waals surface area contributed by atoms with E-state index in [1.165, 1.54) is 250 Å². The largest absolute Gasteiger partial charge is 0.466 e. The van der Waals surface area contributed by atoms with Crippen LogP contribution in [-0.2, 0) is 14.3 Å². The van der Waals surface area contributed by atoms with Gasteiger partial charge in [0.05, 0.1) is 25.4 Å². The molecule has 0 aromatic carbocycles. The van der Waals surface area contributed by atoms with Crippen molar-refractivity contribution in [3.8, 4) is 0 Å². The molecule has 71 heavy (non-hydrogen) atoms. The van der Waals surface area contributed by atoms with E-state index >= 15 is 0 Å². The minimum atomic E-state index is -0.671. The summed E-state index contributed by atoms with van der Waals surface area (Å²) in [7, 11) is 0. The van der Waals surface area contributed by atoms with Crippen LogP contribution in [0.15, 0.2) is 36.5 Å². The van der Waals surface area contributed by atoms with Crippen LogP contribution >= 0.6 is 0 Å². The topological polar surface area (TPSA) is 95.9 Å². The van der Waals surface area contributed by atoms with Gasteiger partial charge in [-0.2, -0.15) is 0 Å². The number of carbonyl (C=O) groups is 2. The van der Waals surface area contributed by atoms with Gasteiger partial charge < -0.3 is 20.3 Å². The van der Waals surface area contributed by atoms with Crippen molar-refractivity contribution in [2.24, 2.45) is 0 Å². The fourth-order valence-corrected chi connectivity index (χ4v) is 9.78. The van der Waals surface area contributed by atoms with Gasteiger partial charge in [-0.1, -0.05) is 281 Å². The van der Waals surface area contributed by atoms with Crippen LogP contribution < -0.4 is 5.32 Å². The predicted octanol–water partition coefficient (Wildman–Crippen LogP) is 20.0. The quantitative estimate of drug-likeness (QED) is 0.0321. The van der Waals surface area contributed by atoms with E-state index in [1.54, 1.807) is 0 Å². The summed E-state index contributed by atoms with van der Waals surface area (Å²) in [5, 5.41) is 23.3. The van der Waals surface area contributed by atoms with Gasteiger partial charge in [-0.3, -0.25) is 9.59 Å². The molecule has 0 fully saturated rings. The lowest BCUT2D eigenvalue weighted by atomic mass is 10.0. The van der Waals surface area contributed by atoms with Crippen molar-refractivity contribution >= 4 is 11.9 Å². The second-order valence-corrected chi connectivity index (χ2v) is 21.7. The third kappa shape index (κ3) is 57.2. The average molecular weight is 999 g/mol. The molecule has 2 atom stereocenters. The first kappa shape index (κ1) is 69.1. The molecule has 3 N–H and O–H groups in total. The molecule has 0 aliphatic carbocycles. The van der Waals surface area contributed by atoms with Gasteiger partial charge in [0.25, 0.3) is 0 Å². The molecule has 0 saturated carbocycles. The molecule has 0 aliphatic rings. The molecule has 1 amide bonds. The number of esters is 1. The average Bonchev–Trinajstić information content (AvgIpc) is 3.37. The van der Waals surface area contributed by atoms with Crippen molar-refractivity contribution < 1.29 is 24.5 Å². The molecule has 0 heterocycles.